The van der Waals surface area contributed by atoms with E-state index in [0.717, 1.165) is 5.03 Å². The molecule has 0 aromatic carbocycles. The van der Waals surface area contributed by atoms with Crippen molar-refractivity contribution in [2.24, 2.45) is 0 Å². The molecule has 1 heterocycles. The van der Waals surface area contributed by atoms with Crippen molar-refractivity contribution in [1.82, 2.24) is 10.3 Å². The highest BCUT2D eigenvalue weighted by molar-refractivity contribution is 8.76. The van der Waals surface area contributed by atoms with Crippen LogP contribution in [0.3, 0.4) is 0 Å². The molecule has 0 atom stereocenters. The summed E-state index contributed by atoms with van der Waals surface area (Å²) in [6.07, 6.45) is 2.06. The summed E-state index contributed by atoms with van der Waals surface area (Å²) in [5, 5.41) is 3.14. The fourth-order valence-electron chi connectivity index (χ4n) is 0.892. The van der Waals surface area contributed by atoms with Gasteiger partial charge in [0.2, 0.25) is 11.8 Å². The highest BCUT2D eigenvalue weighted by atomic mass is 33.1. The molecule has 0 aliphatic heterocycles. The first-order chi connectivity index (χ1) is 7.68. The van der Waals surface area contributed by atoms with Gasteiger partial charge in [-0.3, -0.25) is 14.9 Å². The molecule has 0 aliphatic carbocycles. The number of nitrogens with one attached hydrogen (secondary N) is 1. The molecule has 0 saturated carbocycles. The van der Waals surface area contributed by atoms with Crippen molar-refractivity contribution in [2.45, 2.75) is 18.4 Å². The molecule has 0 saturated heterocycles. The van der Waals surface area contributed by atoms with Crippen LogP contribution >= 0.6 is 21.6 Å². The van der Waals surface area contributed by atoms with Crippen LogP contribution < -0.4 is 5.32 Å². The first-order valence-corrected chi connectivity index (χ1v) is 7.01. The second-order valence-corrected chi connectivity index (χ2v) is 5.36. The van der Waals surface area contributed by atoms with Crippen molar-refractivity contribution >= 4 is 33.4 Å². The van der Waals surface area contributed by atoms with Crippen LogP contribution in [0.4, 0.5) is 0 Å². The van der Waals surface area contributed by atoms with Crippen molar-refractivity contribution < 1.29 is 9.59 Å². The van der Waals surface area contributed by atoms with Crippen LogP contribution in [0.25, 0.3) is 0 Å². The lowest BCUT2D eigenvalue weighted by Gasteiger charge is -2.00. The van der Waals surface area contributed by atoms with E-state index in [1.54, 1.807) is 17.0 Å². The van der Waals surface area contributed by atoms with Gasteiger partial charge < -0.3 is 0 Å². The number of aromatic nitrogens is 1. The number of nitrogens with zero attached hydrogens (tertiary/aromatic N) is 1. The average Bonchev–Trinajstić information content (AvgIpc) is 2.25. The first kappa shape index (κ1) is 13.1. The van der Waals surface area contributed by atoms with Gasteiger partial charge in [0, 0.05) is 25.3 Å². The minimum Gasteiger partial charge on any atom is -0.297 e. The van der Waals surface area contributed by atoms with Crippen molar-refractivity contribution in [3.63, 3.8) is 0 Å². The number of hydrogen-bond donors (Lipinski definition) is 1. The number of carbonyl (C=O) groups is 2. The van der Waals surface area contributed by atoms with E-state index in [2.05, 4.69) is 10.3 Å². The maximum Gasteiger partial charge on any atom is 0.227 e. The van der Waals surface area contributed by atoms with Gasteiger partial charge in [-0.25, -0.2) is 4.98 Å². The zero-order valence-corrected chi connectivity index (χ0v) is 10.4. The van der Waals surface area contributed by atoms with Crippen LogP contribution in [0.15, 0.2) is 29.4 Å². The summed E-state index contributed by atoms with van der Waals surface area (Å²) < 4.78 is 0. The molecule has 0 unspecified atom stereocenters. The molecule has 86 valence electrons. The zero-order valence-electron chi connectivity index (χ0n) is 8.80. The monoisotopic (exact) mass is 256 g/mol. The summed E-state index contributed by atoms with van der Waals surface area (Å²) >= 11 is 0. The van der Waals surface area contributed by atoms with Gasteiger partial charge in [-0.2, -0.15) is 0 Å². The molecule has 6 heteroatoms. The Bertz CT molecular complexity index is 357. The Kier molecular flexibility index (Phi) is 5.95. The second kappa shape index (κ2) is 7.29. The van der Waals surface area contributed by atoms with E-state index in [-0.39, 0.29) is 11.8 Å². The molecule has 1 N–H and O–H groups in total. The first-order valence-electron chi connectivity index (χ1n) is 4.69. The molecule has 0 radical (unpaired) electrons. The average molecular weight is 256 g/mol. The van der Waals surface area contributed by atoms with Crippen LogP contribution in [-0.4, -0.2) is 22.6 Å². The van der Waals surface area contributed by atoms with Crippen LogP contribution in [-0.2, 0) is 9.59 Å². The van der Waals surface area contributed by atoms with E-state index in [1.165, 1.54) is 17.7 Å². The third kappa shape index (κ3) is 5.77. The summed E-state index contributed by atoms with van der Waals surface area (Å²) in [6.45, 7) is 1.33. The Morgan fingerprint density at radius 2 is 2.25 bits per heavy atom. The van der Waals surface area contributed by atoms with Crippen molar-refractivity contribution in [3.05, 3.63) is 24.4 Å². The summed E-state index contributed by atoms with van der Waals surface area (Å²) in [4.78, 5) is 25.8. The van der Waals surface area contributed by atoms with Crippen LogP contribution in [0.1, 0.15) is 13.3 Å². The van der Waals surface area contributed by atoms with Crippen molar-refractivity contribution in [3.8, 4) is 0 Å². The Morgan fingerprint density at radius 3 is 2.88 bits per heavy atom. The third-order valence-corrected chi connectivity index (χ3v) is 3.78. The smallest absolute Gasteiger partial charge is 0.227 e. The summed E-state index contributed by atoms with van der Waals surface area (Å²) in [6, 6.07) is 5.68. The minimum atomic E-state index is -0.313. The lowest BCUT2D eigenvalue weighted by atomic mass is 10.4. The van der Waals surface area contributed by atoms with E-state index in [1.807, 2.05) is 18.2 Å². The number of rotatable bonds is 5. The fraction of sp³-hybridized carbons (Fsp3) is 0.300. The van der Waals surface area contributed by atoms with Gasteiger partial charge in [-0.05, 0) is 22.9 Å². The standard InChI is InChI=1S/C10H12N2O2S2/c1-8(13)12-9(14)5-7-15-16-10-4-2-3-6-11-10/h2-4,6H,5,7H2,1H3,(H,12,13,14). The Hall–Kier alpha value is -1.01. The predicted octanol–water partition coefficient (Wildman–Crippen LogP) is 1.87. The van der Waals surface area contributed by atoms with E-state index in [9.17, 15) is 9.59 Å². The number of carbonyl (C=O) groups excluding carboxylic acids is 2. The third-order valence-electron chi connectivity index (χ3n) is 1.51. The van der Waals surface area contributed by atoms with Gasteiger partial charge in [-0.1, -0.05) is 16.9 Å². The zero-order chi connectivity index (χ0) is 11.8. The van der Waals surface area contributed by atoms with E-state index in [4.69, 9.17) is 0 Å². The molecule has 2 amide bonds. The Morgan fingerprint density at radius 1 is 1.44 bits per heavy atom. The topological polar surface area (TPSA) is 59.1 Å². The minimum absolute atomic E-state index is 0.235. The van der Waals surface area contributed by atoms with E-state index < -0.39 is 0 Å². The van der Waals surface area contributed by atoms with E-state index in [0.29, 0.717) is 12.2 Å². The molecule has 0 spiro atoms. The highest BCUT2D eigenvalue weighted by Crippen LogP contribution is 2.29. The van der Waals surface area contributed by atoms with Gasteiger partial charge in [0.05, 0.1) is 0 Å². The summed E-state index contributed by atoms with van der Waals surface area (Å²) in [5.41, 5.74) is 0. The quantitative estimate of drug-likeness (QED) is 0.644. The predicted molar refractivity (Wildman–Crippen MR) is 66.0 cm³/mol. The van der Waals surface area contributed by atoms with E-state index >= 15 is 0 Å². The molecule has 1 aromatic heterocycles. The van der Waals surface area contributed by atoms with Gasteiger partial charge in [0.1, 0.15) is 5.03 Å². The normalized spacial score (nSPS) is 9.81. The summed E-state index contributed by atoms with van der Waals surface area (Å²) in [5.74, 6) is 0.106. The van der Waals surface area contributed by atoms with Gasteiger partial charge >= 0.3 is 0 Å². The second-order valence-electron chi connectivity index (χ2n) is 2.93. The molecule has 0 aliphatic rings. The molecule has 1 rings (SSSR count). The molecule has 0 bridgehead atoms. The van der Waals surface area contributed by atoms with Crippen LogP contribution in [0, 0.1) is 0 Å². The number of hydrogen-bond acceptors (Lipinski definition) is 5. The summed E-state index contributed by atoms with van der Waals surface area (Å²) in [7, 11) is 3.07. The number of amides is 2. The number of imide groups is 1. The molecule has 1 aromatic rings. The maximum atomic E-state index is 11.1. The van der Waals surface area contributed by atoms with Crippen molar-refractivity contribution in [1.29, 1.82) is 0 Å². The molecular weight excluding hydrogens is 244 g/mol. The maximum absolute atomic E-state index is 11.1. The molecule has 16 heavy (non-hydrogen) atoms. The Balaban J connectivity index is 2.13. The SMILES string of the molecule is CC(=O)NC(=O)CCSSc1ccccn1. The number of pyridine rings is 1. The molecule has 0 fully saturated rings. The Labute approximate surface area is 102 Å². The highest BCUT2D eigenvalue weighted by Gasteiger charge is 2.03. The molecular formula is C10H12N2O2S2. The lowest BCUT2D eigenvalue weighted by molar-refractivity contribution is -0.128. The fourth-order valence-corrected chi connectivity index (χ4v) is 2.76. The van der Waals surface area contributed by atoms with Gasteiger partial charge in [0.25, 0.3) is 0 Å². The van der Waals surface area contributed by atoms with Gasteiger partial charge in [0.15, 0.2) is 0 Å². The van der Waals surface area contributed by atoms with Gasteiger partial charge in [-0.15, -0.1) is 0 Å². The van der Waals surface area contributed by atoms with Crippen LogP contribution in [0.2, 0.25) is 0 Å². The largest absolute Gasteiger partial charge is 0.297 e. The lowest BCUT2D eigenvalue weighted by Crippen LogP contribution is -2.27. The molecule has 4 nitrogen and oxygen atoms in total. The van der Waals surface area contributed by atoms with Crippen molar-refractivity contribution in [2.75, 3.05) is 5.75 Å². The van der Waals surface area contributed by atoms with Crippen LogP contribution in [0.5, 0.6) is 0 Å².